The number of esters is 1. The van der Waals surface area contributed by atoms with Crippen molar-refractivity contribution in [2.45, 2.75) is 22.4 Å². The molecule has 0 amide bonds. The van der Waals surface area contributed by atoms with Crippen LogP contribution in [0.2, 0.25) is 0 Å². The molecule has 3 aromatic rings. The van der Waals surface area contributed by atoms with Gasteiger partial charge in [0, 0.05) is 29.1 Å². The Bertz CT molecular complexity index is 957. The van der Waals surface area contributed by atoms with Crippen molar-refractivity contribution < 1.29 is 14.6 Å². The van der Waals surface area contributed by atoms with E-state index in [2.05, 4.69) is 0 Å². The second kappa shape index (κ2) is 9.05. The van der Waals surface area contributed by atoms with E-state index in [-0.39, 0.29) is 12.6 Å². The smallest absolute Gasteiger partial charge is 0.339 e. The lowest BCUT2D eigenvalue weighted by Gasteiger charge is -2.12. The number of carbonyl (C=O) groups is 1. The molecule has 1 atom stereocenters. The van der Waals surface area contributed by atoms with Crippen LogP contribution in [0.5, 0.6) is 0 Å². The van der Waals surface area contributed by atoms with E-state index in [0.717, 1.165) is 26.7 Å². The molecule has 0 radical (unpaired) electrons. The van der Waals surface area contributed by atoms with E-state index in [1.807, 2.05) is 49.5 Å². The van der Waals surface area contributed by atoms with Gasteiger partial charge in [0.05, 0.1) is 25.0 Å². The van der Waals surface area contributed by atoms with Gasteiger partial charge in [0.15, 0.2) is 0 Å². The summed E-state index contributed by atoms with van der Waals surface area (Å²) in [4.78, 5) is 12.9. The second-order valence-corrected chi connectivity index (χ2v) is 7.39. The van der Waals surface area contributed by atoms with Gasteiger partial charge < -0.3 is 15.6 Å². The molecule has 146 valence electrons. The Labute approximate surface area is 168 Å². The average molecular weight is 398 g/mol. The summed E-state index contributed by atoms with van der Waals surface area (Å²) in [5, 5.41) is 15.0. The summed E-state index contributed by atoms with van der Waals surface area (Å²) in [7, 11) is 3.23. The third kappa shape index (κ3) is 4.27. The maximum atomic E-state index is 12.1. The highest BCUT2D eigenvalue weighted by atomic mass is 32.2. The molecule has 1 aromatic heterocycles. The highest BCUT2D eigenvalue weighted by molar-refractivity contribution is 7.99. The van der Waals surface area contributed by atoms with Crippen LogP contribution in [0.3, 0.4) is 0 Å². The predicted octanol–water partition coefficient (Wildman–Crippen LogP) is 2.89. The zero-order valence-corrected chi connectivity index (χ0v) is 16.6. The highest BCUT2D eigenvalue weighted by Gasteiger charge is 2.22. The molecule has 0 saturated carbocycles. The van der Waals surface area contributed by atoms with Crippen LogP contribution in [-0.2, 0) is 18.2 Å². The Morgan fingerprint density at radius 1 is 1.21 bits per heavy atom. The number of nitrogens with zero attached hydrogens (tertiary/aromatic N) is 2. The molecule has 1 heterocycles. The van der Waals surface area contributed by atoms with Crippen molar-refractivity contribution in [3.63, 3.8) is 0 Å². The Morgan fingerprint density at radius 2 is 1.89 bits per heavy atom. The topological polar surface area (TPSA) is 90.4 Å². The summed E-state index contributed by atoms with van der Waals surface area (Å²) in [5.74, 6) is -0.387. The minimum absolute atomic E-state index is 0.119. The SMILES string of the molecule is COC(=O)c1ccccc1Sc1c(CC(N)CO)c(-c2ccccc2)nn1C. The Balaban J connectivity index is 2.09. The fourth-order valence-corrected chi connectivity index (χ4v) is 4.05. The molecule has 0 aliphatic carbocycles. The fraction of sp³-hybridized carbons (Fsp3) is 0.238. The molecule has 0 aliphatic rings. The van der Waals surface area contributed by atoms with Crippen molar-refractivity contribution in [2.24, 2.45) is 12.8 Å². The van der Waals surface area contributed by atoms with E-state index in [9.17, 15) is 9.90 Å². The summed E-state index contributed by atoms with van der Waals surface area (Å²) < 4.78 is 6.70. The minimum atomic E-state index is -0.401. The standard InChI is InChI=1S/C21H23N3O3S/c1-24-20(28-18-11-7-6-10-16(18)21(26)27-2)17(12-15(22)13-25)19(23-24)14-8-4-3-5-9-14/h3-11,15,25H,12-13,22H2,1-2H3. The number of aryl methyl sites for hydroxylation is 1. The third-order valence-corrected chi connectivity index (χ3v) is 5.61. The Morgan fingerprint density at radius 3 is 2.57 bits per heavy atom. The van der Waals surface area contributed by atoms with Crippen molar-refractivity contribution >= 4 is 17.7 Å². The van der Waals surface area contributed by atoms with E-state index in [0.29, 0.717) is 12.0 Å². The van der Waals surface area contributed by atoms with E-state index >= 15 is 0 Å². The molecule has 0 saturated heterocycles. The largest absolute Gasteiger partial charge is 0.465 e. The van der Waals surface area contributed by atoms with Gasteiger partial charge >= 0.3 is 5.97 Å². The van der Waals surface area contributed by atoms with Crippen molar-refractivity contribution in [3.05, 3.63) is 65.7 Å². The number of ether oxygens (including phenoxy) is 1. The number of aliphatic hydroxyl groups excluding tert-OH is 1. The number of hydrogen-bond acceptors (Lipinski definition) is 6. The molecule has 3 N–H and O–H groups in total. The first-order valence-electron chi connectivity index (χ1n) is 8.88. The summed E-state index contributed by atoms with van der Waals surface area (Å²) in [5.41, 5.74) is 9.29. The summed E-state index contributed by atoms with van der Waals surface area (Å²) in [6.07, 6.45) is 0.470. The average Bonchev–Trinajstić information content (AvgIpc) is 3.03. The number of aliphatic hydroxyl groups is 1. The Kier molecular flexibility index (Phi) is 6.51. The van der Waals surface area contributed by atoms with Gasteiger partial charge in [-0.1, -0.05) is 54.2 Å². The van der Waals surface area contributed by atoms with E-state index in [4.69, 9.17) is 15.6 Å². The summed E-state index contributed by atoms with van der Waals surface area (Å²) >= 11 is 1.44. The van der Waals surface area contributed by atoms with E-state index in [1.165, 1.54) is 18.9 Å². The fourth-order valence-electron chi connectivity index (χ4n) is 2.96. The molecule has 7 heteroatoms. The maximum Gasteiger partial charge on any atom is 0.339 e. The molecule has 28 heavy (non-hydrogen) atoms. The highest BCUT2D eigenvalue weighted by Crippen LogP contribution is 2.37. The summed E-state index contributed by atoms with van der Waals surface area (Å²) in [6.45, 7) is -0.119. The summed E-state index contributed by atoms with van der Waals surface area (Å²) in [6, 6.07) is 16.7. The molecule has 0 aliphatic heterocycles. The van der Waals surface area contributed by atoms with Gasteiger partial charge in [0.25, 0.3) is 0 Å². The van der Waals surface area contributed by atoms with Crippen LogP contribution < -0.4 is 5.73 Å². The van der Waals surface area contributed by atoms with Crippen LogP contribution in [0.4, 0.5) is 0 Å². The van der Waals surface area contributed by atoms with Crippen molar-refractivity contribution in [2.75, 3.05) is 13.7 Å². The lowest BCUT2D eigenvalue weighted by atomic mass is 10.0. The van der Waals surface area contributed by atoms with Crippen molar-refractivity contribution in [3.8, 4) is 11.3 Å². The van der Waals surface area contributed by atoms with Crippen LogP contribution in [0.15, 0.2) is 64.5 Å². The second-order valence-electron chi connectivity index (χ2n) is 6.36. The number of rotatable bonds is 7. The van der Waals surface area contributed by atoms with Crippen LogP contribution in [0.1, 0.15) is 15.9 Å². The van der Waals surface area contributed by atoms with E-state index in [1.54, 1.807) is 16.8 Å². The molecule has 0 spiro atoms. The molecule has 1 unspecified atom stereocenters. The number of hydrogen-bond donors (Lipinski definition) is 2. The lowest BCUT2D eigenvalue weighted by molar-refractivity contribution is 0.0597. The molecule has 2 aromatic carbocycles. The first-order valence-corrected chi connectivity index (χ1v) is 9.69. The first-order chi connectivity index (χ1) is 13.5. The van der Waals surface area contributed by atoms with Gasteiger partial charge in [-0.15, -0.1) is 0 Å². The molecule has 3 rings (SSSR count). The van der Waals surface area contributed by atoms with Gasteiger partial charge in [-0.2, -0.15) is 5.10 Å². The van der Waals surface area contributed by atoms with Gasteiger partial charge in [-0.3, -0.25) is 4.68 Å². The zero-order valence-electron chi connectivity index (χ0n) is 15.8. The van der Waals surface area contributed by atoms with Gasteiger partial charge in [-0.05, 0) is 18.6 Å². The predicted molar refractivity (Wildman–Crippen MR) is 109 cm³/mol. The van der Waals surface area contributed by atoms with Crippen molar-refractivity contribution in [1.29, 1.82) is 0 Å². The van der Waals surface area contributed by atoms with Gasteiger partial charge in [0.1, 0.15) is 5.03 Å². The molecule has 6 nitrogen and oxygen atoms in total. The quantitative estimate of drug-likeness (QED) is 0.596. The normalized spacial score (nSPS) is 12.0. The zero-order chi connectivity index (χ0) is 20.1. The van der Waals surface area contributed by atoms with Crippen LogP contribution in [0.25, 0.3) is 11.3 Å². The first kappa shape index (κ1) is 20.1. The van der Waals surface area contributed by atoms with Gasteiger partial charge in [-0.25, -0.2) is 4.79 Å². The number of benzene rings is 2. The number of methoxy groups -OCH3 is 1. The van der Waals surface area contributed by atoms with E-state index < -0.39 is 6.04 Å². The number of carbonyl (C=O) groups excluding carboxylic acids is 1. The number of aromatic nitrogens is 2. The molecular weight excluding hydrogens is 374 g/mol. The van der Waals surface area contributed by atoms with Crippen LogP contribution in [-0.4, -0.2) is 40.6 Å². The van der Waals surface area contributed by atoms with Crippen LogP contribution >= 0.6 is 11.8 Å². The Hall–Kier alpha value is -2.61. The minimum Gasteiger partial charge on any atom is -0.465 e. The molecule has 0 fully saturated rings. The molecule has 0 bridgehead atoms. The molecular formula is C21H23N3O3S. The van der Waals surface area contributed by atoms with Gasteiger partial charge in [0.2, 0.25) is 0 Å². The maximum absolute atomic E-state index is 12.1. The van der Waals surface area contributed by atoms with Crippen LogP contribution in [0, 0.1) is 0 Å². The number of nitrogens with two attached hydrogens (primary N) is 1. The monoisotopic (exact) mass is 397 g/mol. The lowest BCUT2D eigenvalue weighted by Crippen LogP contribution is -2.27. The van der Waals surface area contributed by atoms with Crippen molar-refractivity contribution in [1.82, 2.24) is 9.78 Å². The third-order valence-electron chi connectivity index (χ3n) is 4.33.